The molecule has 1 saturated heterocycles. The van der Waals surface area contributed by atoms with Crippen LogP contribution in [0.2, 0.25) is 0 Å². The molecule has 10 heteroatoms. The zero-order valence-electron chi connectivity index (χ0n) is 20.7. The molecule has 2 aromatic rings. The third kappa shape index (κ3) is 5.74. The van der Waals surface area contributed by atoms with Gasteiger partial charge in [0.2, 0.25) is 0 Å². The predicted molar refractivity (Wildman–Crippen MR) is 139 cm³/mol. The number of likely N-dealkylation sites (tertiary alicyclic amines) is 1. The summed E-state index contributed by atoms with van der Waals surface area (Å²) in [5.74, 6) is 0.713. The Balaban J connectivity index is 1.41. The Morgan fingerprint density at radius 1 is 1.28 bits per heavy atom. The SMILES string of the molecule is COc1cc(C2CCN(C)CC2)c(F)cc1N/C(N)=N/C=C(/Cl)COc1cccc2c1C(=O)N(C)C2. The lowest BCUT2D eigenvalue weighted by Crippen LogP contribution is -2.29. The van der Waals surface area contributed by atoms with E-state index in [9.17, 15) is 9.18 Å². The number of hydrogen-bond acceptors (Lipinski definition) is 5. The number of methoxy groups -OCH3 is 1. The Bertz CT molecular complexity index is 1190. The summed E-state index contributed by atoms with van der Waals surface area (Å²) in [7, 11) is 5.34. The number of benzene rings is 2. The van der Waals surface area contributed by atoms with E-state index in [2.05, 4.69) is 22.3 Å². The predicted octanol–water partition coefficient (Wildman–Crippen LogP) is 4.11. The van der Waals surface area contributed by atoms with Crippen molar-refractivity contribution in [3.05, 3.63) is 64.1 Å². The van der Waals surface area contributed by atoms with Crippen molar-refractivity contribution in [1.82, 2.24) is 9.80 Å². The van der Waals surface area contributed by atoms with Crippen LogP contribution in [0.3, 0.4) is 0 Å². The van der Waals surface area contributed by atoms with Gasteiger partial charge >= 0.3 is 0 Å². The van der Waals surface area contributed by atoms with Gasteiger partial charge in [0.05, 0.1) is 23.4 Å². The van der Waals surface area contributed by atoms with Gasteiger partial charge in [0.15, 0.2) is 5.96 Å². The zero-order valence-corrected chi connectivity index (χ0v) is 21.4. The van der Waals surface area contributed by atoms with E-state index >= 15 is 0 Å². The van der Waals surface area contributed by atoms with Gasteiger partial charge < -0.3 is 30.3 Å². The summed E-state index contributed by atoms with van der Waals surface area (Å²) in [5, 5.41) is 3.14. The molecule has 36 heavy (non-hydrogen) atoms. The number of nitrogens with one attached hydrogen (secondary N) is 1. The lowest BCUT2D eigenvalue weighted by atomic mass is 9.89. The lowest BCUT2D eigenvalue weighted by Gasteiger charge is -2.29. The Kier molecular flexibility index (Phi) is 8.01. The van der Waals surface area contributed by atoms with E-state index in [-0.39, 0.29) is 35.2 Å². The van der Waals surface area contributed by atoms with E-state index in [1.165, 1.54) is 19.4 Å². The van der Waals surface area contributed by atoms with Crippen molar-refractivity contribution in [3.8, 4) is 11.5 Å². The van der Waals surface area contributed by atoms with Crippen LogP contribution in [-0.4, -0.2) is 62.6 Å². The number of amides is 1. The fraction of sp³-hybridized carbons (Fsp3) is 0.385. The number of carbonyl (C=O) groups excluding carboxylic acids is 1. The van der Waals surface area contributed by atoms with Crippen LogP contribution < -0.4 is 20.5 Å². The topological polar surface area (TPSA) is 92.4 Å². The first kappa shape index (κ1) is 25.8. The van der Waals surface area contributed by atoms with E-state index in [0.717, 1.165) is 31.5 Å². The van der Waals surface area contributed by atoms with Gasteiger partial charge in [-0.25, -0.2) is 9.38 Å². The Labute approximate surface area is 215 Å². The molecule has 2 aliphatic heterocycles. The maximum absolute atomic E-state index is 15.0. The molecule has 192 valence electrons. The van der Waals surface area contributed by atoms with Crippen LogP contribution in [-0.2, 0) is 6.54 Å². The fourth-order valence-corrected chi connectivity index (χ4v) is 4.65. The molecule has 0 atom stereocenters. The number of hydrogen-bond donors (Lipinski definition) is 2. The Morgan fingerprint density at radius 3 is 2.75 bits per heavy atom. The molecule has 0 bridgehead atoms. The first-order valence-corrected chi connectivity index (χ1v) is 12.2. The minimum atomic E-state index is -0.307. The third-order valence-corrected chi connectivity index (χ3v) is 6.74. The summed E-state index contributed by atoms with van der Waals surface area (Å²) >= 11 is 6.26. The van der Waals surface area contributed by atoms with Crippen molar-refractivity contribution in [2.75, 3.05) is 46.2 Å². The van der Waals surface area contributed by atoms with Gasteiger partial charge in [0.25, 0.3) is 5.91 Å². The monoisotopic (exact) mass is 515 g/mol. The first-order valence-electron chi connectivity index (χ1n) is 11.8. The maximum atomic E-state index is 15.0. The number of piperidine rings is 1. The second kappa shape index (κ2) is 11.2. The van der Waals surface area contributed by atoms with Crippen molar-refractivity contribution in [1.29, 1.82) is 0 Å². The first-order chi connectivity index (χ1) is 17.3. The van der Waals surface area contributed by atoms with Gasteiger partial charge in [0, 0.05) is 25.9 Å². The second-order valence-corrected chi connectivity index (χ2v) is 9.59. The summed E-state index contributed by atoms with van der Waals surface area (Å²) < 4.78 is 26.2. The Hall–Kier alpha value is -3.30. The van der Waals surface area contributed by atoms with Crippen molar-refractivity contribution in [2.45, 2.75) is 25.3 Å². The standard InChI is InChI=1S/C26H31ClFN5O3/c1-32-9-7-16(8-10-32)19-11-23(35-3)21(12-20(19)28)31-26(29)30-13-18(27)15-36-22-6-4-5-17-14-33(2)25(34)24(17)22/h4-6,11-13,16H,7-10,14-15H2,1-3H3,(H3,29,30,31)/b18-13+. The number of guanidine groups is 1. The van der Waals surface area contributed by atoms with E-state index in [4.69, 9.17) is 26.8 Å². The van der Waals surface area contributed by atoms with Gasteiger partial charge in [-0.3, -0.25) is 4.79 Å². The van der Waals surface area contributed by atoms with Gasteiger partial charge in [-0.1, -0.05) is 23.7 Å². The molecule has 3 N–H and O–H groups in total. The van der Waals surface area contributed by atoms with E-state index in [1.807, 2.05) is 12.1 Å². The van der Waals surface area contributed by atoms with E-state index < -0.39 is 0 Å². The fourth-order valence-electron chi connectivity index (χ4n) is 4.55. The molecule has 2 aromatic carbocycles. The molecule has 1 amide bonds. The second-order valence-electron chi connectivity index (χ2n) is 9.11. The van der Waals surface area contributed by atoms with Crippen molar-refractivity contribution in [2.24, 2.45) is 10.7 Å². The van der Waals surface area contributed by atoms with Crippen LogP contribution in [0.4, 0.5) is 10.1 Å². The molecule has 0 spiro atoms. The Morgan fingerprint density at radius 2 is 2.03 bits per heavy atom. The number of fused-ring (bicyclic) bond motifs is 1. The minimum Gasteiger partial charge on any atom is -0.495 e. The molecular weight excluding hydrogens is 485 g/mol. The number of ether oxygens (including phenoxy) is 2. The number of rotatable bonds is 7. The molecule has 2 aliphatic rings. The van der Waals surface area contributed by atoms with Gasteiger partial charge in [0.1, 0.15) is 23.9 Å². The molecule has 4 rings (SSSR count). The minimum absolute atomic E-state index is 0.00893. The van der Waals surface area contributed by atoms with Crippen molar-refractivity contribution >= 4 is 29.2 Å². The normalized spacial score (nSPS) is 17.4. The van der Waals surface area contributed by atoms with Crippen LogP contribution in [0.1, 0.15) is 40.2 Å². The molecule has 0 saturated carbocycles. The zero-order chi connectivity index (χ0) is 25.8. The number of anilines is 1. The average Bonchev–Trinajstić information content (AvgIpc) is 3.16. The molecule has 0 unspecified atom stereocenters. The van der Waals surface area contributed by atoms with E-state index in [1.54, 1.807) is 24.1 Å². The van der Waals surface area contributed by atoms with Crippen LogP contribution in [0, 0.1) is 5.82 Å². The van der Waals surface area contributed by atoms with Crippen LogP contribution >= 0.6 is 11.6 Å². The van der Waals surface area contributed by atoms with E-state index in [0.29, 0.717) is 34.9 Å². The molecule has 0 radical (unpaired) electrons. The number of nitrogens with two attached hydrogens (primary N) is 1. The van der Waals surface area contributed by atoms with Gasteiger partial charge in [-0.05, 0) is 62.2 Å². The smallest absolute Gasteiger partial charge is 0.258 e. The van der Waals surface area contributed by atoms with Crippen molar-refractivity contribution < 1.29 is 18.7 Å². The highest BCUT2D eigenvalue weighted by molar-refractivity contribution is 6.29. The molecule has 2 heterocycles. The number of aliphatic imine (C=N–C) groups is 1. The quantitative estimate of drug-likeness (QED) is 0.426. The highest BCUT2D eigenvalue weighted by atomic mass is 35.5. The van der Waals surface area contributed by atoms with Crippen LogP contribution in [0.5, 0.6) is 11.5 Å². The summed E-state index contributed by atoms with van der Waals surface area (Å²) in [6, 6.07) is 8.58. The molecule has 0 aliphatic carbocycles. The average molecular weight is 516 g/mol. The number of halogens is 2. The van der Waals surface area contributed by atoms with Crippen LogP contribution in [0.25, 0.3) is 0 Å². The highest BCUT2D eigenvalue weighted by Crippen LogP contribution is 2.36. The summed E-state index contributed by atoms with van der Waals surface area (Å²) in [6.45, 7) is 2.42. The van der Waals surface area contributed by atoms with Gasteiger partial charge in [-0.2, -0.15) is 0 Å². The molecule has 0 aromatic heterocycles. The molecule has 1 fully saturated rings. The van der Waals surface area contributed by atoms with Gasteiger partial charge in [-0.15, -0.1) is 0 Å². The molecular formula is C26H31ClFN5O3. The summed E-state index contributed by atoms with van der Waals surface area (Å²) in [6.07, 6.45) is 3.14. The van der Waals surface area contributed by atoms with Crippen molar-refractivity contribution in [3.63, 3.8) is 0 Å². The number of carbonyl (C=O) groups is 1. The summed E-state index contributed by atoms with van der Waals surface area (Å²) in [4.78, 5) is 20.3. The summed E-state index contributed by atoms with van der Waals surface area (Å²) in [5.41, 5.74) is 8.48. The number of nitrogens with zero attached hydrogens (tertiary/aromatic N) is 3. The third-order valence-electron chi connectivity index (χ3n) is 6.53. The lowest BCUT2D eigenvalue weighted by molar-refractivity contribution is 0.0813. The largest absolute Gasteiger partial charge is 0.495 e. The highest BCUT2D eigenvalue weighted by Gasteiger charge is 2.28. The van der Waals surface area contributed by atoms with Crippen LogP contribution in [0.15, 0.2) is 46.6 Å². The molecule has 8 nitrogen and oxygen atoms in total. The maximum Gasteiger partial charge on any atom is 0.258 e.